The van der Waals surface area contributed by atoms with Crippen LogP contribution in [0.1, 0.15) is 34.1 Å². The van der Waals surface area contributed by atoms with E-state index in [1.54, 1.807) is 0 Å². The first kappa shape index (κ1) is 10.4. The van der Waals surface area contributed by atoms with E-state index in [4.69, 9.17) is 0 Å². The van der Waals surface area contributed by atoms with Crippen molar-refractivity contribution in [2.24, 2.45) is 5.92 Å². The molecule has 1 fully saturated rings. The summed E-state index contributed by atoms with van der Waals surface area (Å²) < 4.78 is 0. The molecule has 13 heavy (non-hydrogen) atoms. The number of carbonyl (C=O) groups is 1. The Morgan fingerprint density at radius 3 is 2.46 bits per heavy atom. The van der Waals surface area contributed by atoms with Crippen molar-refractivity contribution in [2.75, 3.05) is 6.54 Å². The third-order valence-corrected chi connectivity index (χ3v) is 2.46. The van der Waals surface area contributed by atoms with E-state index in [0.717, 1.165) is 13.0 Å². The Balaban J connectivity index is 2.47. The second kappa shape index (κ2) is 3.99. The van der Waals surface area contributed by atoms with Crippen molar-refractivity contribution in [3.63, 3.8) is 0 Å². The van der Waals surface area contributed by atoms with Crippen LogP contribution in [0.25, 0.3) is 0 Å². The molecule has 0 aliphatic carbocycles. The zero-order chi connectivity index (χ0) is 10.0. The maximum Gasteiger partial charge on any atom is 0.317 e. The zero-order valence-corrected chi connectivity index (χ0v) is 9.00. The van der Waals surface area contributed by atoms with Gasteiger partial charge < -0.3 is 10.2 Å². The average molecular weight is 184 g/mol. The molecule has 2 atom stereocenters. The van der Waals surface area contributed by atoms with Gasteiger partial charge in [0.15, 0.2) is 0 Å². The molecule has 3 nitrogen and oxygen atoms in total. The highest BCUT2D eigenvalue weighted by molar-refractivity contribution is 5.75. The number of hydrogen-bond acceptors (Lipinski definition) is 1. The van der Waals surface area contributed by atoms with Crippen LogP contribution in [0.3, 0.4) is 0 Å². The van der Waals surface area contributed by atoms with E-state index in [9.17, 15) is 4.79 Å². The fourth-order valence-electron chi connectivity index (χ4n) is 1.91. The molecule has 0 spiro atoms. The Morgan fingerprint density at radius 1 is 1.46 bits per heavy atom. The molecular formula is C10H20N2O. The molecule has 0 radical (unpaired) electrons. The molecule has 1 aliphatic rings. The predicted molar refractivity (Wildman–Crippen MR) is 53.6 cm³/mol. The molecule has 1 heterocycles. The van der Waals surface area contributed by atoms with E-state index in [1.165, 1.54) is 0 Å². The molecule has 1 aliphatic heterocycles. The first-order valence-corrected chi connectivity index (χ1v) is 5.07. The Labute approximate surface area is 80.5 Å². The van der Waals surface area contributed by atoms with E-state index < -0.39 is 0 Å². The van der Waals surface area contributed by atoms with Crippen LogP contribution in [0.15, 0.2) is 0 Å². The number of amides is 2. The number of urea groups is 1. The lowest BCUT2D eigenvalue weighted by Gasteiger charge is -2.23. The maximum atomic E-state index is 11.6. The molecule has 2 amide bonds. The summed E-state index contributed by atoms with van der Waals surface area (Å²) in [6, 6.07) is 0.719. The highest BCUT2D eigenvalue weighted by atomic mass is 16.2. The molecule has 1 rings (SSSR count). The summed E-state index contributed by atoms with van der Waals surface area (Å²) in [5.74, 6) is 0.646. The van der Waals surface area contributed by atoms with Crippen LogP contribution in [-0.4, -0.2) is 29.6 Å². The van der Waals surface area contributed by atoms with E-state index >= 15 is 0 Å². The highest BCUT2D eigenvalue weighted by Crippen LogP contribution is 2.21. The molecule has 76 valence electrons. The summed E-state index contributed by atoms with van der Waals surface area (Å²) in [7, 11) is 0. The fourth-order valence-corrected chi connectivity index (χ4v) is 1.91. The van der Waals surface area contributed by atoms with Gasteiger partial charge in [-0.15, -0.1) is 0 Å². The lowest BCUT2D eigenvalue weighted by atomic mass is 10.1. The lowest BCUT2D eigenvalue weighted by Crippen LogP contribution is -2.44. The summed E-state index contributed by atoms with van der Waals surface area (Å²) in [6.07, 6.45) is 1.13. The van der Waals surface area contributed by atoms with Crippen molar-refractivity contribution >= 4 is 6.03 Å². The second-order valence-corrected chi connectivity index (χ2v) is 4.45. The monoisotopic (exact) mass is 184 g/mol. The van der Waals surface area contributed by atoms with Crippen molar-refractivity contribution in [3.8, 4) is 0 Å². The number of hydrogen-bond donors (Lipinski definition) is 1. The minimum absolute atomic E-state index is 0.0897. The van der Waals surface area contributed by atoms with Crippen molar-refractivity contribution < 1.29 is 4.79 Å². The SMILES string of the molecule is CC1CC(C)N(C(=O)NC(C)C)C1. The molecule has 1 saturated heterocycles. The molecular weight excluding hydrogens is 164 g/mol. The third-order valence-electron chi connectivity index (χ3n) is 2.46. The van der Waals surface area contributed by atoms with Gasteiger partial charge in [-0.1, -0.05) is 6.92 Å². The van der Waals surface area contributed by atoms with Gasteiger partial charge in [-0.2, -0.15) is 0 Å². The smallest absolute Gasteiger partial charge is 0.317 e. The Kier molecular flexibility index (Phi) is 3.17. The summed E-state index contributed by atoms with van der Waals surface area (Å²) >= 11 is 0. The topological polar surface area (TPSA) is 32.3 Å². The summed E-state index contributed by atoms with van der Waals surface area (Å²) in [6.45, 7) is 9.19. The van der Waals surface area contributed by atoms with Gasteiger partial charge in [0, 0.05) is 18.6 Å². The standard InChI is InChI=1S/C10H20N2O/c1-7(2)11-10(13)12-6-8(3)5-9(12)4/h7-9H,5-6H2,1-4H3,(H,11,13). The summed E-state index contributed by atoms with van der Waals surface area (Å²) in [4.78, 5) is 13.6. The van der Waals surface area contributed by atoms with Crippen LogP contribution in [0, 0.1) is 5.92 Å². The molecule has 0 aromatic carbocycles. The zero-order valence-electron chi connectivity index (χ0n) is 9.00. The molecule has 2 unspecified atom stereocenters. The van der Waals surface area contributed by atoms with Crippen molar-refractivity contribution in [2.45, 2.75) is 46.2 Å². The Hall–Kier alpha value is -0.730. The van der Waals surface area contributed by atoms with Crippen LogP contribution < -0.4 is 5.32 Å². The minimum Gasteiger partial charge on any atom is -0.336 e. The van der Waals surface area contributed by atoms with Gasteiger partial charge >= 0.3 is 6.03 Å². The van der Waals surface area contributed by atoms with Crippen LogP contribution in [0.5, 0.6) is 0 Å². The molecule has 1 N–H and O–H groups in total. The van der Waals surface area contributed by atoms with Crippen LogP contribution >= 0.6 is 0 Å². The van der Waals surface area contributed by atoms with Gasteiger partial charge in [-0.25, -0.2) is 4.79 Å². The number of likely N-dealkylation sites (tertiary alicyclic amines) is 1. The number of nitrogens with zero attached hydrogens (tertiary/aromatic N) is 1. The first-order chi connectivity index (χ1) is 6.00. The largest absolute Gasteiger partial charge is 0.336 e. The molecule has 3 heteroatoms. The second-order valence-electron chi connectivity index (χ2n) is 4.45. The van der Waals surface area contributed by atoms with E-state index in [0.29, 0.717) is 12.0 Å². The first-order valence-electron chi connectivity index (χ1n) is 5.07. The van der Waals surface area contributed by atoms with E-state index in [-0.39, 0.29) is 12.1 Å². The van der Waals surface area contributed by atoms with Gasteiger partial charge in [0.25, 0.3) is 0 Å². The Morgan fingerprint density at radius 2 is 2.08 bits per heavy atom. The third kappa shape index (κ3) is 2.61. The number of nitrogens with one attached hydrogen (secondary N) is 1. The predicted octanol–water partition coefficient (Wildman–Crippen LogP) is 1.83. The molecule has 0 saturated carbocycles. The van der Waals surface area contributed by atoms with Gasteiger partial charge in [0.05, 0.1) is 0 Å². The van der Waals surface area contributed by atoms with Gasteiger partial charge in [0.2, 0.25) is 0 Å². The normalized spacial score (nSPS) is 28.2. The summed E-state index contributed by atoms with van der Waals surface area (Å²) in [5.41, 5.74) is 0. The average Bonchev–Trinajstić information content (AvgIpc) is 2.28. The summed E-state index contributed by atoms with van der Waals surface area (Å²) in [5, 5.41) is 2.92. The van der Waals surface area contributed by atoms with Crippen LogP contribution in [-0.2, 0) is 0 Å². The van der Waals surface area contributed by atoms with E-state index in [1.807, 2.05) is 18.7 Å². The van der Waals surface area contributed by atoms with E-state index in [2.05, 4.69) is 19.2 Å². The van der Waals surface area contributed by atoms with Gasteiger partial charge in [-0.3, -0.25) is 0 Å². The highest BCUT2D eigenvalue weighted by Gasteiger charge is 2.29. The number of rotatable bonds is 1. The minimum atomic E-state index is 0.0897. The van der Waals surface area contributed by atoms with Gasteiger partial charge in [-0.05, 0) is 33.1 Å². The van der Waals surface area contributed by atoms with Crippen molar-refractivity contribution in [3.05, 3.63) is 0 Å². The van der Waals surface area contributed by atoms with Crippen molar-refractivity contribution in [1.29, 1.82) is 0 Å². The molecule has 0 aromatic heterocycles. The fraction of sp³-hybridized carbons (Fsp3) is 0.900. The van der Waals surface area contributed by atoms with Crippen LogP contribution in [0.4, 0.5) is 4.79 Å². The molecule has 0 aromatic rings. The number of carbonyl (C=O) groups excluding carboxylic acids is 1. The Bertz CT molecular complexity index is 191. The quantitative estimate of drug-likeness (QED) is 0.662. The lowest BCUT2D eigenvalue weighted by molar-refractivity contribution is 0.192. The maximum absolute atomic E-state index is 11.6. The van der Waals surface area contributed by atoms with Crippen molar-refractivity contribution in [1.82, 2.24) is 10.2 Å². The molecule has 0 bridgehead atoms. The van der Waals surface area contributed by atoms with Crippen LogP contribution in [0.2, 0.25) is 0 Å². The van der Waals surface area contributed by atoms with Gasteiger partial charge in [0.1, 0.15) is 0 Å².